The molecule has 2 aromatic carbocycles. The van der Waals surface area contributed by atoms with E-state index in [4.69, 9.17) is 11.6 Å². The maximum absolute atomic E-state index is 13.8. The van der Waals surface area contributed by atoms with E-state index in [1.165, 1.54) is 21.6 Å². The van der Waals surface area contributed by atoms with E-state index in [2.05, 4.69) is 10.3 Å². The number of phenols is 1. The van der Waals surface area contributed by atoms with Crippen LogP contribution in [0.4, 0.5) is 11.4 Å². The number of pyridine rings is 1. The van der Waals surface area contributed by atoms with E-state index < -0.39 is 28.9 Å². The number of carbonyl (C=O) groups excluding carboxylic acids is 3. The third-order valence-electron chi connectivity index (χ3n) is 6.63. The lowest BCUT2D eigenvalue weighted by Crippen LogP contribution is -2.33. The van der Waals surface area contributed by atoms with E-state index in [1.807, 2.05) is 6.07 Å². The second-order valence-corrected chi connectivity index (χ2v) is 11.6. The van der Waals surface area contributed by atoms with Crippen LogP contribution in [0.25, 0.3) is 0 Å². The molecule has 1 fully saturated rings. The van der Waals surface area contributed by atoms with E-state index in [1.54, 1.807) is 54.9 Å². The van der Waals surface area contributed by atoms with Gasteiger partial charge >= 0.3 is 4.87 Å². The fourth-order valence-electron chi connectivity index (χ4n) is 4.91. The summed E-state index contributed by atoms with van der Waals surface area (Å²) in [6.45, 7) is -0.279. The average Bonchev–Trinajstić information content (AvgIpc) is 3.37. The Morgan fingerprint density at radius 3 is 2.46 bits per heavy atom. The van der Waals surface area contributed by atoms with Gasteiger partial charge < -0.3 is 10.4 Å². The van der Waals surface area contributed by atoms with Crippen molar-refractivity contribution in [1.82, 2.24) is 9.55 Å². The highest BCUT2D eigenvalue weighted by Crippen LogP contribution is 2.53. The zero-order chi connectivity index (χ0) is 27.3. The first-order valence-corrected chi connectivity index (χ1v) is 13.9. The number of rotatable bonds is 5. The van der Waals surface area contributed by atoms with Crippen molar-refractivity contribution in [3.05, 3.63) is 98.2 Å². The summed E-state index contributed by atoms with van der Waals surface area (Å²) in [5, 5.41) is 12.4. The highest BCUT2D eigenvalue weighted by atomic mass is 35.5. The number of aromatic hydroxyl groups is 1. The van der Waals surface area contributed by atoms with Gasteiger partial charge in [-0.3, -0.25) is 28.7 Å². The van der Waals surface area contributed by atoms with Crippen LogP contribution < -0.4 is 15.1 Å². The molecule has 0 aliphatic carbocycles. The monoisotopic (exact) mass is 578 g/mol. The number of thiazole rings is 1. The number of halogens is 1. The number of phenolic OH excluding ortho intramolecular Hbond substituents is 1. The van der Waals surface area contributed by atoms with Crippen molar-refractivity contribution in [2.45, 2.75) is 22.7 Å². The molecule has 1 saturated heterocycles. The quantitative estimate of drug-likeness (QED) is 0.270. The van der Waals surface area contributed by atoms with Crippen molar-refractivity contribution < 1.29 is 19.5 Å². The van der Waals surface area contributed by atoms with Gasteiger partial charge in [-0.2, -0.15) is 0 Å². The second kappa shape index (κ2) is 9.99. The third-order valence-corrected chi connectivity index (χ3v) is 9.49. The van der Waals surface area contributed by atoms with Gasteiger partial charge in [0.05, 0.1) is 16.6 Å². The van der Waals surface area contributed by atoms with Crippen LogP contribution in [0.1, 0.15) is 16.4 Å². The van der Waals surface area contributed by atoms with Gasteiger partial charge in [0.1, 0.15) is 17.5 Å². The Morgan fingerprint density at radius 1 is 1.03 bits per heavy atom. The molecule has 0 unspecified atom stereocenters. The molecule has 3 atom stereocenters. The van der Waals surface area contributed by atoms with Crippen molar-refractivity contribution in [2.24, 2.45) is 5.92 Å². The number of thioether (sulfide) groups is 1. The fraction of sp³-hybridized carbons (Fsp3) is 0.148. The van der Waals surface area contributed by atoms with Gasteiger partial charge in [0.15, 0.2) is 0 Å². The van der Waals surface area contributed by atoms with Crippen LogP contribution in [0.3, 0.4) is 0 Å². The number of anilines is 2. The summed E-state index contributed by atoms with van der Waals surface area (Å²) >= 11 is 8.13. The van der Waals surface area contributed by atoms with Gasteiger partial charge in [-0.05, 0) is 60.2 Å². The Bertz CT molecular complexity index is 1650. The SMILES string of the molecule is O=C(Cn1c2c(sc1=O)[C@@H](c1cccnc1)[C@@H]1C(=O)N(c3ccc(Cl)cc3)C(=O)[C@@H]1S2)Nc1ccc(O)cc1. The van der Waals surface area contributed by atoms with Crippen molar-refractivity contribution in [2.75, 3.05) is 10.2 Å². The van der Waals surface area contributed by atoms with Gasteiger partial charge in [0.2, 0.25) is 17.7 Å². The van der Waals surface area contributed by atoms with Crippen LogP contribution in [0.2, 0.25) is 5.02 Å². The Labute approximate surface area is 235 Å². The predicted molar refractivity (Wildman–Crippen MR) is 148 cm³/mol. The number of hydrogen-bond acceptors (Lipinski definition) is 8. The Balaban J connectivity index is 1.39. The van der Waals surface area contributed by atoms with Crippen LogP contribution in [-0.4, -0.2) is 37.6 Å². The summed E-state index contributed by atoms with van der Waals surface area (Å²) in [4.78, 5) is 59.2. The van der Waals surface area contributed by atoms with E-state index >= 15 is 0 Å². The first kappa shape index (κ1) is 25.4. The third kappa shape index (κ3) is 4.52. The summed E-state index contributed by atoms with van der Waals surface area (Å²) in [7, 11) is 0. The van der Waals surface area contributed by atoms with Gasteiger partial charge in [0, 0.05) is 33.9 Å². The molecule has 2 aliphatic heterocycles. The molecule has 0 saturated carbocycles. The Kier molecular flexibility index (Phi) is 6.49. The van der Waals surface area contributed by atoms with E-state index in [9.17, 15) is 24.3 Å². The van der Waals surface area contributed by atoms with Gasteiger partial charge in [-0.25, -0.2) is 4.90 Å². The molecule has 2 aliphatic rings. The van der Waals surface area contributed by atoms with Crippen molar-refractivity contribution in [3.8, 4) is 5.75 Å². The summed E-state index contributed by atoms with van der Waals surface area (Å²) < 4.78 is 1.35. The normalized spacial score (nSPS) is 20.0. The van der Waals surface area contributed by atoms with Gasteiger partial charge in [-0.1, -0.05) is 40.8 Å². The molecule has 2 aromatic heterocycles. The van der Waals surface area contributed by atoms with Crippen molar-refractivity contribution >= 4 is 63.8 Å². The largest absolute Gasteiger partial charge is 0.508 e. The van der Waals surface area contributed by atoms with Gasteiger partial charge in [0.25, 0.3) is 0 Å². The number of benzene rings is 2. The van der Waals surface area contributed by atoms with Crippen LogP contribution in [0, 0.1) is 5.92 Å². The minimum Gasteiger partial charge on any atom is -0.508 e. The maximum Gasteiger partial charge on any atom is 0.308 e. The summed E-state index contributed by atoms with van der Waals surface area (Å²) in [5.41, 5.74) is 1.59. The molecule has 4 heterocycles. The molecule has 0 radical (unpaired) electrons. The average molecular weight is 579 g/mol. The molecule has 196 valence electrons. The molecule has 4 aromatic rings. The molecule has 0 bridgehead atoms. The molecule has 0 spiro atoms. The summed E-state index contributed by atoms with van der Waals surface area (Å²) in [6.07, 6.45) is 3.25. The van der Waals surface area contributed by atoms with E-state index in [0.717, 1.165) is 23.1 Å². The lowest BCUT2D eigenvalue weighted by Gasteiger charge is -2.30. The maximum atomic E-state index is 13.8. The first-order valence-electron chi connectivity index (χ1n) is 11.8. The molecule has 9 nitrogen and oxygen atoms in total. The second-order valence-electron chi connectivity index (χ2n) is 9.04. The standard InChI is InChI=1S/C27H19ClN4O5S2/c28-15-3-7-17(8-4-15)32-24(35)21-20(14-2-1-11-29-12-14)23-26(38-22(21)25(32)36)31(27(37)39-23)13-19(34)30-16-5-9-18(33)10-6-16/h1-12,20-22,33H,13H2,(H,30,34)/t20-,21-,22+/m0/s1. The molecule has 3 amide bonds. The van der Waals surface area contributed by atoms with E-state index in [0.29, 0.717) is 31.9 Å². The number of imide groups is 1. The van der Waals surface area contributed by atoms with Crippen molar-refractivity contribution in [1.29, 1.82) is 0 Å². The molecule has 39 heavy (non-hydrogen) atoms. The summed E-state index contributed by atoms with van der Waals surface area (Å²) in [5.74, 6) is -2.49. The molecule has 12 heteroatoms. The Hall–Kier alpha value is -3.93. The topological polar surface area (TPSA) is 122 Å². The minimum absolute atomic E-state index is 0.0620. The van der Waals surface area contributed by atoms with Crippen molar-refractivity contribution in [3.63, 3.8) is 0 Å². The highest BCUT2D eigenvalue weighted by Gasteiger charge is 2.56. The zero-order valence-electron chi connectivity index (χ0n) is 20.0. The first-order chi connectivity index (χ1) is 18.8. The van der Waals surface area contributed by atoms with E-state index in [-0.39, 0.29) is 23.1 Å². The number of amides is 3. The van der Waals surface area contributed by atoms with Crippen LogP contribution in [0.15, 0.2) is 82.9 Å². The molecular formula is C27H19ClN4O5S2. The fourth-order valence-corrected chi connectivity index (χ4v) is 7.81. The smallest absolute Gasteiger partial charge is 0.308 e. The van der Waals surface area contributed by atoms with Crippen LogP contribution in [0.5, 0.6) is 5.75 Å². The lowest BCUT2D eigenvalue weighted by atomic mass is 9.84. The minimum atomic E-state index is -0.800. The Morgan fingerprint density at radius 2 is 1.77 bits per heavy atom. The highest BCUT2D eigenvalue weighted by molar-refractivity contribution is 8.00. The van der Waals surface area contributed by atoms with Gasteiger partial charge in [-0.15, -0.1) is 0 Å². The number of nitrogens with zero attached hydrogens (tertiary/aromatic N) is 3. The molecule has 2 N–H and O–H groups in total. The van der Waals surface area contributed by atoms with Crippen LogP contribution in [-0.2, 0) is 20.9 Å². The number of aromatic nitrogens is 2. The molecule has 6 rings (SSSR count). The number of hydrogen-bond donors (Lipinski definition) is 2. The predicted octanol–water partition coefficient (Wildman–Crippen LogP) is 4.10. The lowest BCUT2D eigenvalue weighted by molar-refractivity contribution is -0.122. The zero-order valence-corrected chi connectivity index (χ0v) is 22.4. The number of carbonyl (C=O) groups is 3. The summed E-state index contributed by atoms with van der Waals surface area (Å²) in [6, 6.07) is 16.0. The molecular weight excluding hydrogens is 560 g/mol. The number of nitrogens with one attached hydrogen (secondary N) is 1. The van der Waals surface area contributed by atoms with Crippen LogP contribution >= 0.6 is 34.7 Å². The number of fused-ring (bicyclic) bond motifs is 2.